The van der Waals surface area contributed by atoms with E-state index in [9.17, 15) is 14.3 Å². The van der Waals surface area contributed by atoms with Crippen molar-refractivity contribution >= 4 is 5.97 Å². The van der Waals surface area contributed by atoms with Crippen LogP contribution < -0.4 is 0 Å². The molecule has 1 saturated heterocycles. The molecule has 3 aromatic rings. The van der Waals surface area contributed by atoms with Crippen LogP contribution in [0.4, 0.5) is 4.39 Å². The minimum absolute atomic E-state index is 0.0518. The zero-order valence-electron chi connectivity index (χ0n) is 17.7. The average Bonchev–Trinajstić information content (AvgIpc) is 3.12. The van der Waals surface area contributed by atoms with Gasteiger partial charge in [0, 0.05) is 48.6 Å². The van der Waals surface area contributed by atoms with Crippen molar-refractivity contribution in [3.05, 3.63) is 60.6 Å². The number of carbonyl (C=O) groups is 1. The van der Waals surface area contributed by atoms with Crippen LogP contribution in [0.2, 0.25) is 0 Å². The molecule has 1 fully saturated rings. The minimum atomic E-state index is -0.658. The Bertz CT molecular complexity index is 1050. The second-order valence-corrected chi connectivity index (χ2v) is 8.27. The van der Waals surface area contributed by atoms with E-state index in [1.54, 1.807) is 24.5 Å². The number of aliphatic hydroxyl groups excluding tert-OH is 1. The number of carbonyl (C=O) groups excluding carboxylic acids is 1. The van der Waals surface area contributed by atoms with E-state index in [-0.39, 0.29) is 30.2 Å². The Kier molecular flexibility index (Phi) is 6.13. The second-order valence-electron chi connectivity index (χ2n) is 8.27. The molecule has 0 aliphatic carbocycles. The molecule has 1 aliphatic heterocycles. The number of hydrogen-bond donors (Lipinski definition) is 1. The Morgan fingerprint density at radius 1 is 1.19 bits per heavy atom. The van der Waals surface area contributed by atoms with Gasteiger partial charge in [-0.2, -0.15) is 0 Å². The number of halogens is 1. The lowest BCUT2D eigenvalue weighted by molar-refractivity contribution is -0.160. The summed E-state index contributed by atoms with van der Waals surface area (Å²) < 4.78 is 21.3. The van der Waals surface area contributed by atoms with Crippen molar-refractivity contribution in [1.82, 2.24) is 14.5 Å². The summed E-state index contributed by atoms with van der Waals surface area (Å²) in [5, 5.41) is 9.94. The van der Waals surface area contributed by atoms with E-state index in [1.165, 1.54) is 18.5 Å². The Labute approximate surface area is 180 Å². The van der Waals surface area contributed by atoms with Crippen LogP contribution in [-0.2, 0) is 16.1 Å². The first-order valence-corrected chi connectivity index (χ1v) is 10.5. The summed E-state index contributed by atoms with van der Waals surface area (Å²) in [7, 11) is 0. The number of cyclic esters (lactones) is 1. The molecule has 31 heavy (non-hydrogen) atoms. The smallest absolute Gasteiger partial charge is 0.308 e. The number of nitrogens with zero attached hydrogens (tertiary/aromatic N) is 3. The van der Waals surface area contributed by atoms with Gasteiger partial charge in [-0.3, -0.25) is 4.79 Å². The summed E-state index contributed by atoms with van der Waals surface area (Å²) in [6.45, 7) is 4.84. The van der Waals surface area contributed by atoms with Gasteiger partial charge in [0.25, 0.3) is 0 Å². The number of hydrogen-bond acceptors (Lipinski definition) is 5. The van der Waals surface area contributed by atoms with Gasteiger partial charge in [-0.15, -0.1) is 0 Å². The molecule has 0 unspecified atom stereocenters. The molecule has 2 atom stereocenters. The van der Waals surface area contributed by atoms with E-state index in [0.717, 1.165) is 28.1 Å². The summed E-state index contributed by atoms with van der Waals surface area (Å²) >= 11 is 0. The van der Waals surface area contributed by atoms with Crippen LogP contribution in [-0.4, -0.2) is 37.8 Å². The molecule has 3 heterocycles. The molecule has 0 saturated carbocycles. The molecule has 6 nitrogen and oxygen atoms in total. The zero-order chi connectivity index (χ0) is 22.0. The molecular weight excluding hydrogens is 397 g/mol. The minimum Gasteiger partial charge on any atom is -0.462 e. The van der Waals surface area contributed by atoms with Crippen LogP contribution in [0.25, 0.3) is 22.4 Å². The summed E-state index contributed by atoms with van der Waals surface area (Å²) in [6.07, 6.45) is 5.11. The van der Waals surface area contributed by atoms with Gasteiger partial charge >= 0.3 is 5.97 Å². The molecule has 0 bridgehead atoms. The quantitative estimate of drug-likeness (QED) is 0.597. The van der Waals surface area contributed by atoms with E-state index in [0.29, 0.717) is 19.4 Å². The molecule has 1 aromatic carbocycles. The van der Waals surface area contributed by atoms with E-state index in [1.807, 2.05) is 0 Å². The molecule has 0 amide bonds. The van der Waals surface area contributed by atoms with Crippen LogP contribution in [0, 0.1) is 5.82 Å². The molecule has 0 radical (unpaired) electrons. The lowest BCUT2D eigenvalue weighted by Crippen LogP contribution is -2.33. The van der Waals surface area contributed by atoms with Crippen molar-refractivity contribution in [3.8, 4) is 22.4 Å². The van der Waals surface area contributed by atoms with Crippen LogP contribution >= 0.6 is 0 Å². The first-order chi connectivity index (χ1) is 14.9. The molecule has 1 aliphatic rings. The highest BCUT2D eigenvalue weighted by atomic mass is 19.1. The summed E-state index contributed by atoms with van der Waals surface area (Å²) in [5.41, 5.74) is 4.79. The SMILES string of the molecule is CC(C)c1cc(-c2cncnc2)c(-c2ccc(F)cc2)n1CC[C@@H]1C[C@@H](O)CC(=O)O1. The number of esters is 1. The number of ether oxygens (including phenoxy) is 1. The largest absolute Gasteiger partial charge is 0.462 e. The lowest BCUT2D eigenvalue weighted by Gasteiger charge is -2.27. The highest BCUT2D eigenvalue weighted by molar-refractivity contribution is 5.82. The molecule has 0 spiro atoms. The van der Waals surface area contributed by atoms with Gasteiger partial charge in [0.05, 0.1) is 18.2 Å². The van der Waals surface area contributed by atoms with Crippen molar-refractivity contribution in [2.75, 3.05) is 0 Å². The Morgan fingerprint density at radius 2 is 1.90 bits per heavy atom. The van der Waals surface area contributed by atoms with Gasteiger partial charge in [0.15, 0.2) is 0 Å². The third-order valence-corrected chi connectivity index (χ3v) is 5.62. The zero-order valence-corrected chi connectivity index (χ0v) is 17.7. The number of aliphatic hydroxyl groups is 1. The van der Waals surface area contributed by atoms with E-state index >= 15 is 0 Å². The molecule has 1 N–H and O–H groups in total. The normalized spacial score (nSPS) is 18.9. The van der Waals surface area contributed by atoms with Crippen molar-refractivity contribution in [2.24, 2.45) is 0 Å². The van der Waals surface area contributed by atoms with Crippen LogP contribution in [0.5, 0.6) is 0 Å². The number of aromatic nitrogens is 3. The van der Waals surface area contributed by atoms with Crippen molar-refractivity contribution in [3.63, 3.8) is 0 Å². The summed E-state index contributed by atoms with van der Waals surface area (Å²) in [5.74, 6) is -0.420. The highest BCUT2D eigenvalue weighted by Crippen LogP contribution is 2.38. The lowest BCUT2D eigenvalue weighted by atomic mass is 10.0. The average molecular weight is 423 g/mol. The van der Waals surface area contributed by atoms with Gasteiger partial charge < -0.3 is 14.4 Å². The first kappa shape index (κ1) is 21.2. The standard InChI is InChI=1S/C24H26FN3O3/c1-15(2)22-11-21(17-12-26-14-27-13-17)24(16-3-5-18(25)6-4-16)28(22)8-7-20-9-19(29)10-23(30)31-20/h3-6,11-15,19-20,29H,7-10H2,1-2H3/t19-,20-/m1/s1. The van der Waals surface area contributed by atoms with E-state index in [2.05, 4.69) is 34.4 Å². The maximum Gasteiger partial charge on any atom is 0.308 e. The highest BCUT2D eigenvalue weighted by Gasteiger charge is 2.28. The molecule has 162 valence electrons. The Balaban J connectivity index is 1.77. The predicted octanol–water partition coefficient (Wildman–Crippen LogP) is 4.33. The van der Waals surface area contributed by atoms with Gasteiger partial charge in [0.1, 0.15) is 18.2 Å². The van der Waals surface area contributed by atoms with Gasteiger partial charge in [-0.05, 0) is 41.8 Å². The maximum atomic E-state index is 13.6. The van der Waals surface area contributed by atoms with Crippen molar-refractivity contribution in [1.29, 1.82) is 0 Å². The third kappa shape index (κ3) is 4.66. The van der Waals surface area contributed by atoms with Crippen LogP contribution in [0.3, 0.4) is 0 Å². The maximum absolute atomic E-state index is 13.6. The van der Waals surface area contributed by atoms with Gasteiger partial charge in [-0.25, -0.2) is 14.4 Å². The van der Waals surface area contributed by atoms with Crippen molar-refractivity contribution in [2.45, 2.75) is 57.8 Å². The second kappa shape index (κ2) is 8.98. The number of benzene rings is 1. The topological polar surface area (TPSA) is 77.2 Å². The van der Waals surface area contributed by atoms with Crippen LogP contribution in [0.1, 0.15) is 44.7 Å². The summed E-state index contributed by atoms with van der Waals surface area (Å²) in [4.78, 5) is 20.1. The molecule has 2 aromatic heterocycles. The fourth-order valence-corrected chi connectivity index (χ4v) is 4.18. The van der Waals surface area contributed by atoms with Gasteiger partial charge in [0.2, 0.25) is 0 Å². The van der Waals surface area contributed by atoms with Gasteiger partial charge in [-0.1, -0.05) is 13.8 Å². The van der Waals surface area contributed by atoms with Crippen LogP contribution in [0.15, 0.2) is 49.1 Å². The predicted molar refractivity (Wildman–Crippen MR) is 115 cm³/mol. The van der Waals surface area contributed by atoms with E-state index in [4.69, 9.17) is 4.74 Å². The Hall–Kier alpha value is -3.06. The third-order valence-electron chi connectivity index (χ3n) is 5.62. The summed E-state index contributed by atoms with van der Waals surface area (Å²) in [6, 6.07) is 8.56. The number of rotatable bonds is 6. The fraction of sp³-hybridized carbons (Fsp3) is 0.375. The van der Waals surface area contributed by atoms with Crippen molar-refractivity contribution < 1.29 is 19.0 Å². The monoisotopic (exact) mass is 423 g/mol. The fourth-order valence-electron chi connectivity index (χ4n) is 4.18. The molecule has 7 heteroatoms. The first-order valence-electron chi connectivity index (χ1n) is 10.5. The Morgan fingerprint density at radius 3 is 2.55 bits per heavy atom. The van der Waals surface area contributed by atoms with E-state index < -0.39 is 6.10 Å². The molecule has 4 rings (SSSR count). The molecular formula is C24H26FN3O3.